The van der Waals surface area contributed by atoms with Gasteiger partial charge in [0.15, 0.2) is 6.10 Å². The van der Waals surface area contributed by atoms with Crippen molar-refractivity contribution in [1.82, 2.24) is 0 Å². The molecule has 1 aliphatic rings. The molecule has 3 aromatic carbocycles. The molecule has 1 atom stereocenters. The van der Waals surface area contributed by atoms with Crippen molar-refractivity contribution in [2.75, 3.05) is 19.0 Å². The zero-order chi connectivity index (χ0) is 28.4. The Balaban J connectivity index is 2.12. The summed E-state index contributed by atoms with van der Waals surface area (Å²) in [7, 11) is 1.11. The van der Waals surface area contributed by atoms with Crippen molar-refractivity contribution in [2.24, 2.45) is 0 Å². The average Bonchev–Trinajstić information content (AvgIpc) is 2.89. The highest BCUT2D eigenvalue weighted by molar-refractivity contribution is 5.92. The van der Waals surface area contributed by atoms with Crippen LogP contribution in [0.25, 0.3) is 22.3 Å². The van der Waals surface area contributed by atoms with E-state index >= 15 is 0 Å². The van der Waals surface area contributed by atoms with Gasteiger partial charge in [-0.1, -0.05) is 24.3 Å². The summed E-state index contributed by atoms with van der Waals surface area (Å²) >= 11 is 0. The highest BCUT2D eigenvalue weighted by Crippen LogP contribution is 2.47. The molecule has 39 heavy (non-hydrogen) atoms. The summed E-state index contributed by atoms with van der Waals surface area (Å²) < 4.78 is 60.5. The minimum absolute atomic E-state index is 0.182. The first kappa shape index (κ1) is 28.2. The van der Waals surface area contributed by atoms with Crippen molar-refractivity contribution in [3.05, 3.63) is 71.3 Å². The summed E-state index contributed by atoms with van der Waals surface area (Å²) in [6.07, 6.45) is -4.48. The summed E-state index contributed by atoms with van der Waals surface area (Å²) in [5.41, 5.74) is 0.614. The van der Waals surface area contributed by atoms with Gasteiger partial charge in [0, 0.05) is 11.3 Å². The maximum absolute atomic E-state index is 14.6. The van der Waals surface area contributed by atoms with E-state index < -0.39 is 29.4 Å². The van der Waals surface area contributed by atoms with Crippen molar-refractivity contribution in [3.63, 3.8) is 0 Å². The number of halogens is 3. The number of anilines is 1. The molecule has 0 spiro atoms. The molecular weight excluding hydrogens is 511 g/mol. The number of methoxy groups -OCH3 is 1. The van der Waals surface area contributed by atoms with Gasteiger partial charge in [0.1, 0.15) is 5.75 Å². The first-order valence-electron chi connectivity index (χ1n) is 12.5. The molecule has 4 rings (SSSR count). The normalized spacial score (nSPS) is 14.1. The highest BCUT2D eigenvalue weighted by atomic mass is 19.4. The lowest BCUT2D eigenvalue weighted by molar-refractivity contribution is -0.166. The number of hydrogen-bond acceptors (Lipinski definition) is 5. The third-order valence-corrected chi connectivity index (χ3v) is 6.30. The van der Waals surface area contributed by atoms with Crippen molar-refractivity contribution >= 4 is 18.1 Å². The Morgan fingerprint density at radius 3 is 2.49 bits per heavy atom. The van der Waals surface area contributed by atoms with E-state index in [4.69, 9.17) is 14.2 Å². The monoisotopic (exact) mass is 541 g/mol. The molecule has 0 radical (unpaired) electrons. The molecular formula is C30H30F3NO5. The first-order chi connectivity index (χ1) is 18.4. The number of alkyl halides is 3. The maximum atomic E-state index is 14.6. The SMILES string of the molecule is COC(=O)C(OC(C)(C)C)c1c(C(F)(F)F)ccc(-c2cccc(NC=O)c2)c1-c1ccc2c(c1)CCCO2. The van der Waals surface area contributed by atoms with Crippen molar-refractivity contribution < 1.29 is 37.0 Å². The Labute approximate surface area is 225 Å². The molecule has 0 fully saturated rings. The van der Waals surface area contributed by atoms with Gasteiger partial charge in [-0.15, -0.1) is 0 Å². The molecule has 1 heterocycles. The van der Waals surface area contributed by atoms with Gasteiger partial charge in [-0.3, -0.25) is 4.79 Å². The van der Waals surface area contributed by atoms with E-state index in [1.165, 1.54) is 6.07 Å². The lowest BCUT2D eigenvalue weighted by Gasteiger charge is -2.31. The molecule has 1 amide bonds. The van der Waals surface area contributed by atoms with Gasteiger partial charge >= 0.3 is 12.1 Å². The van der Waals surface area contributed by atoms with Crippen LogP contribution in [0.3, 0.4) is 0 Å². The van der Waals surface area contributed by atoms with Crippen LogP contribution < -0.4 is 10.1 Å². The van der Waals surface area contributed by atoms with E-state index in [9.17, 15) is 22.8 Å². The number of amides is 1. The number of carbonyl (C=O) groups excluding carboxylic acids is 2. The van der Waals surface area contributed by atoms with Crippen LogP contribution in [0.15, 0.2) is 54.6 Å². The molecule has 0 aliphatic carbocycles. The molecule has 6 nitrogen and oxygen atoms in total. The fourth-order valence-corrected chi connectivity index (χ4v) is 4.74. The van der Waals surface area contributed by atoms with Gasteiger partial charge in [0.2, 0.25) is 6.41 Å². The Morgan fingerprint density at radius 1 is 1.05 bits per heavy atom. The smallest absolute Gasteiger partial charge is 0.416 e. The number of carbonyl (C=O) groups is 2. The van der Waals surface area contributed by atoms with Crippen LogP contribution in [0.2, 0.25) is 0 Å². The van der Waals surface area contributed by atoms with Gasteiger partial charge in [-0.05, 0) is 91.8 Å². The van der Waals surface area contributed by atoms with Gasteiger partial charge in [0.25, 0.3) is 0 Å². The second-order valence-corrected chi connectivity index (χ2v) is 10.2. The lowest BCUT2D eigenvalue weighted by atomic mass is 9.84. The summed E-state index contributed by atoms with van der Waals surface area (Å²) in [6, 6.07) is 14.3. The van der Waals surface area contributed by atoms with Gasteiger partial charge in [-0.2, -0.15) is 13.2 Å². The van der Waals surface area contributed by atoms with Crippen LogP contribution in [0.4, 0.5) is 18.9 Å². The standard InChI is InChI=1S/C30H30F3NO5/c1-29(2,3)39-27(28(36)37-4)26-23(30(31,32)33)12-11-22(18-7-5-9-21(16-18)34-17-35)25(26)20-10-13-24-19(15-20)8-6-14-38-24/h5,7,9-13,15-17,27H,6,8,14H2,1-4H3,(H,34,35). The minimum atomic E-state index is -4.80. The molecule has 206 valence electrons. The van der Waals surface area contributed by atoms with E-state index in [0.717, 1.165) is 25.2 Å². The predicted molar refractivity (Wildman–Crippen MR) is 141 cm³/mol. The van der Waals surface area contributed by atoms with Crippen LogP contribution in [0, 0.1) is 0 Å². The number of benzene rings is 3. The summed E-state index contributed by atoms with van der Waals surface area (Å²) in [6.45, 7) is 5.53. The Hall–Kier alpha value is -3.85. The van der Waals surface area contributed by atoms with Crippen LogP contribution in [0.1, 0.15) is 50.0 Å². The zero-order valence-electron chi connectivity index (χ0n) is 22.1. The predicted octanol–water partition coefficient (Wildman–Crippen LogP) is 6.96. The van der Waals surface area contributed by atoms with E-state index in [1.54, 1.807) is 63.2 Å². The Morgan fingerprint density at radius 2 is 1.82 bits per heavy atom. The maximum Gasteiger partial charge on any atom is 0.416 e. The topological polar surface area (TPSA) is 73.9 Å². The number of nitrogens with one attached hydrogen (secondary N) is 1. The molecule has 0 aromatic heterocycles. The molecule has 1 unspecified atom stereocenters. The van der Waals surface area contributed by atoms with Crippen molar-refractivity contribution in [1.29, 1.82) is 0 Å². The fourth-order valence-electron chi connectivity index (χ4n) is 4.74. The molecule has 3 aromatic rings. The molecule has 0 bridgehead atoms. The minimum Gasteiger partial charge on any atom is -0.493 e. The number of esters is 1. The number of hydrogen-bond donors (Lipinski definition) is 1. The zero-order valence-corrected chi connectivity index (χ0v) is 22.1. The fraction of sp³-hybridized carbons (Fsp3) is 0.333. The first-order valence-corrected chi connectivity index (χ1v) is 12.5. The van der Waals surface area contributed by atoms with E-state index in [2.05, 4.69) is 5.32 Å². The summed E-state index contributed by atoms with van der Waals surface area (Å²) in [5.74, 6) is -0.279. The molecule has 1 aliphatic heterocycles. The van der Waals surface area contributed by atoms with E-state index in [0.29, 0.717) is 47.6 Å². The second kappa shape index (κ2) is 11.1. The average molecular weight is 542 g/mol. The molecule has 9 heteroatoms. The summed E-state index contributed by atoms with van der Waals surface area (Å²) in [4.78, 5) is 24.2. The van der Waals surface area contributed by atoms with Gasteiger partial charge in [-0.25, -0.2) is 4.79 Å². The Kier molecular flexibility index (Phi) is 8.02. The van der Waals surface area contributed by atoms with Crippen molar-refractivity contribution in [2.45, 2.75) is 51.5 Å². The van der Waals surface area contributed by atoms with Crippen LogP contribution in [-0.4, -0.2) is 31.7 Å². The van der Waals surface area contributed by atoms with E-state index in [1.807, 2.05) is 0 Å². The summed E-state index contributed by atoms with van der Waals surface area (Å²) in [5, 5.41) is 2.57. The number of aryl methyl sites for hydroxylation is 1. The van der Waals surface area contributed by atoms with Crippen LogP contribution in [-0.2, 0) is 31.7 Å². The van der Waals surface area contributed by atoms with Gasteiger partial charge in [0.05, 0.1) is 24.9 Å². The van der Waals surface area contributed by atoms with Gasteiger partial charge < -0.3 is 19.5 Å². The largest absolute Gasteiger partial charge is 0.493 e. The quantitative estimate of drug-likeness (QED) is 0.259. The molecule has 0 saturated carbocycles. The lowest BCUT2D eigenvalue weighted by Crippen LogP contribution is -2.30. The number of ether oxygens (including phenoxy) is 3. The Bertz CT molecular complexity index is 1380. The van der Waals surface area contributed by atoms with Crippen molar-refractivity contribution in [3.8, 4) is 28.0 Å². The highest BCUT2D eigenvalue weighted by Gasteiger charge is 2.42. The molecule has 0 saturated heterocycles. The third-order valence-electron chi connectivity index (χ3n) is 6.30. The number of rotatable bonds is 7. The van der Waals surface area contributed by atoms with Crippen LogP contribution >= 0.6 is 0 Å². The van der Waals surface area contributed by atoms with Crippen LogP contribution in [0.5, 0.6) is 5.75 Å². The molecule has 1 N–H and O–H groups in total. The second-order valence-electron chi connectivity index (χ2n) is 10.2. The third kappa shape index (κ3) is 6.25. The van der Waals surface area contributed by atoms with E-state index in [-0.39, 0.29) is 11.1 Å². The number of fused-ring (bicyclic) bond motifs is 1.